The number of aliphatic carboxylic acids is 1. The lowest BCUT2D eigenvalue weighted by molar-refractivity contribution is -0.144. The summed E-state index contributed by atoms with van der Waals surface area (Å²) < 4.78 is 27.8. The van der Waals surface area contributed by atoms with Crippen LogP contribution >= 0.6 is 0 Å². The van der Waals surface area contributed by atoms with Crippen molar-refractivity contribution in [2.45, 2.75) is 56.9 Å². The van der Waals surface area contributed by atoms with E-state index in [4.69, 9.17) is 0 Å². The third-order valence-corrected chi connectivity index (χ3v) is 4.40. The SMILES string of the molecule is O=C(O)C1(Cn2nnnc2C2CCC(F)(F)CC2)CC1. The highest BCUT2D eigenvalue weighted by molar-refractivity contribution is 5.77. The quantitative estimate of drug-likeness (QED) is 0.913. The Hall–Kier alpha value is -1.60. The van der Waals surface area contributed by atoms with Crippen molar-refractivity contribution >= 4 is 5.97 Å². The maximum atomic E-state index is 13.2. The van der Waals surface area contributed by atoms with Crippen LogP contribution < -0.4 is 0 Å². The second-order valence-electron chi connectivity index (χ2n) is 5.91. The standard InChI is InChI=1S/C12H16F2N4O2/c13-12(14)3-1-8(2-4-12)9-15-16-17-18(9)7-11(5-6-11)10(19)20/h8H,1-7H2,(H,19,20). The molecule has 20 heavy (non-hydrogen) atoms. The molecular formula is C12H16F2N4O2. The number of halogens is 2. The van der Waals surface area contributed by atoms with Crippen molar-refractivity contribution in [1.82, 2.24) is 20.2 Å². The topological polar surface area (TPSA) is 80.9 Å². The Kier molecular flexibility index (Phi) is 2.98. The summed E-state index contributed by atoms with van der Waals surface area (Å²) in [5.74, 6) is -2.98. The molecule has 8 heteroatoms. The predicted molar refractivity (Wildman–Crippen MR) is 63.3 cm³/mol. The zero-order valence-electron chi connectivity index (χ0n) is 10.9. The number of rotatable bonds is 4. The predicted octanol–water partition coefficient (Wildman–Crippen LogP) is 1.83. The van der Waals surface area contributed by atoms with Gasteiger partial charge in [0.1, 0.15) is 0 Å². The van der Waals surface area contributed by atoms with Gasteiger partial charge in [-0.1, -0.05) is 0 Å². The number of aromatic nitrogens is 4. The van der Waals surface area contributed by atoms with Crippen molar-refractivity contribution < 1.29 is 18.7 Å². The normalized spacial score (nSPS) is 24.5. The van der Waals surface area contributed by atoms with Crippen LogP contribution in [0.4, 0.5) is 8.78 Å². The Labute approximate surface area is 114 Å². The number of hydrogen-bond donors (Lipinski definition) is 1. The minimum absolute atomic E-state index is 0.103. The summed E-state index contributed by atoms with van der Waals surface area (Å²) in [6, 6.07) is 0. The average molecular weight is 286 g/mol. The fraction of sp³-hybridized carbons (Fsp3) is 0.833. The Bertz CT molecular complexity index is 517. The summed E-state index contributed by atoms with van der Waals surface area (Å²) in [6.07, 6.45) is 1.60. The van der Waals surface area contributed by atoms with Gasteiger partial charge in [-0.05, 0) is 36.1 Å². The molecule has 1 N–H and O–H groups in total. The molecular weight excluding hydrogens is 270 g/mol. The van der Waals surface area contributed by atoms with E-state index in [2.05, 4.69) is 15.5 Å². The van der Waals surface area contributed by atoms with E-state index in [1.807, 2.05) is 0 Å². The molecule has 2 aliphatic rings. The maximum absolute atomic E-state index is 13.2. The lowest BCUT2D eigenvalue weighted by Gasteiger charge is -2.27. The third kappa shape index (κ3) is 2.38. The summed E-state index contributed by atoms with van der Waals surface area (Å²) in [4.78, 5) is 11.2. The number of hydrogen-bond acceptors (Lipinski definition) is 4. The molecule has 0 spiro atoms. The van der Waals surface area contributed by atoms with Crippen molar-refractivity contribution in [2.24, 2.45) is 5.41 Å². The molecule has 6 nitrogen and oxygen atoms in total. The molecule has 0 aromatic carbocycles. The first-order valence-electron chi connectivity index (χ1n) is 6.79. The number of nitrogens with zero attached hydrogens (tertiary/aromatic N) is 4. The van der Waals surface area contributed by atoms with Gasteiger partial charge >= 0.3 is 5.97 Å². The fourth-order valence-electron chi connectivity index (χ4n) is 2.79. The molecule has 0 saturated heterocycles. The van der Waals surface area contributed by atoms with E-state index in [-0.39, 0.29) is 25.3 Å². The first-order valence-corrected chi connectivity index (χ1v) is 6.79. The van der Waals surface area contributed by atoms with Crippen LogP contribution in [-0.4, -0.2) is 37.2 Å². The zero-order valence-corrected chi connectivity index (χ0v) is 10.9. The van der Waals surface area contributed by atoms with Crippen LogP contribution in [0.3, 0.4) is 0 Å². The molecule has 2 aliphatic carbocycles. The Morgan fingerprint density at radius 2 is 1.95 bits per heavy atom. The molecule has 0 radical (unpaired) electrons. The van der Waals surface area contributed by atoms with Crippen LogP contribution in [0.2, 0.25) is 0 Å². The first-order chi connectivity index (χ1) is 9.42. The average Bonchev–Trinajstić information content (AvgIpc) is 3.02. The number of carbonyl (C=O) groups is 1. The summed E-state index contributed by atoms with van der Waals surface area (Å²) in [7, 11) is 0. The number of carboxylic acids is 1. The van der Waals surface area contributed by atoms with Crippen LogP contribution in [0.25, 0.3) is 0 Å². The molecule has 1 heterocycles. The van der Waals surface area contributed by atoms with E-state index >= 15 is 0 Å². The van der Waals surface area contributed by atoms with Gasteiger partial charge in [0.05, 0.1) is 12.0 Å². The van der Waals surface area contributed by atoms with Crippen LogP contribution in [0.15, 0.2) is 0 Å². The van der Waals surface area contributed by atoms with Crippen molar-refractivity contribution in [1.29, 1.82) is 0 Å². The smallest absolute Gasteiger partial charge is 0.311 e. The lowest BCUT2D eigenvalue weighted by atomic mass is 9.86. The van der Waals surface area contributed by atoms with Gasteiger partial charge in [-0.2, -0.15) is 0 Å². The summed E-state index contributed by atoms with van der Waals surface area (Å²) in [6.45, 7) is 0.234. The second-order valence-corrected chi connectivity index (χ2v) is 5.91. The molecule has 3 rings (SSSR count). The van der Waals surface area contributed by atoms with E-state index in [1.54, 1.807) is 0 Å². The summed E-state index contributed by atoms with van der Waals surface area (Å²) in [5, 5.41) is 20.5. The van der Waals surface area contributed by atoms with Crippen molar-refractivity contribution in [3.63, 3.8) is 0 Å². The number of carboxylic acid groups (broad SMARTS) is 1. The Morgan fingerprint density at radius 1 is 1.30 bits per heavy atom. The van der Waals surface area contributed by atoms with E-state index < -0.39 is 17.3 Å². The Morgan fingerprint density at radius 3 is 2.50 bits per heavy atom. The largest absolute Gasteiger partial charge is 0.481 e. The van der Waals surface area contributed by atoms with Gasteiger partial charge in [-0.25, -0.2) is 13.5 Å². The van der Waals surface area contributed by atoms with Crippen molar-refractivity contribution in [3.8, 4) is 0 Å². The molecule has 0 atom stereocenters. The van der Waals surface area contributed by atoms with Crippen LogP contribution in [0.1, 0.15) is 50.3 Å². The third-order valence-electron chi connectivity index (χ3n) is 4.40. The number of alkyl halides is 2. The maximum Gasteiger partial charge on any atom is 0.311 e. The van der Waals surface area contributed by atoms with Crippen LogP contribution in [0, 0.1) is 5.41 Å². The minimum atomic E-state index is -2.59. The van der Waals surface area contributed by atoms with Gasteiger partial charge in [0.25, 0.3) is 0 Å². The monoisotopic (exact) mass is 286 g/mol. The highest BCUT2D eigenvalue weighted by atomic mass is 19.3. The molecule has 2 saturated carbocycles. The Balaban J connectivity index is 1.73. The molecule has 0 unspecified atom stereocenters. The van der Waals surface area contributed by atoms with Crippen LogP contribution in [0.5, 0.6) is 0 Å². The molecule has 0 bridgehead atoms. The molecule has 1 aromatic heterocycles. The van der Waals surface area contributed by atoms with Gasteiger partial charge in [0.15, 0.2) is 5.82 Å². The number of tetrazole rings is 1. The minimum Gasteiger partial charge on any atom is -0.481 e. The molecule has 0 aliphatic heterocycles. The van der Waals surface area contributed by atoms with E-state index in [9.17, 15) is 18.7 Å². The van der Waals surface area contributed by atoms with Gasteiger partial charge in [0, 0.05) is 18.8 Å². The molecule has 2 fully saturated rings. The van der Waals surface area contributed by atoms with Gasteiger partial charge < -0.3 is 5.11 Å². The van der Waals surface area contributed by atoms with Gasteiger partial charge in [0.2, 0.25) is 5.92 Å². The second kappa shape index (κ2) is 4.46. The van der Waals surface area contributed by atoms with Crippen molar-refractivity contribution in [3.05, 3.63) is 5.82 Å². The van der Waals surface area contributed by atoms with E-state index in [0.717, 1.165) is 0 Å². The lowest BCUT2D eigenvalue weighted by Crippen LogP contribution is -2.27. The highest BCUT2D eigenvalue weighted by Crippen LogP contribution is 2.48. The summed E-state index contributed by atoms with van der Waals surface area (Å²) in [5.41, 5.74) is -0.761. The first kappa shape index (κ1) is 13.4. The van der Waals surface area contributed by atoms with E-state index in [1.165, 1.54) is 4.68 Å². The highest BCUT2D eigenvalue weighted by Gasteiger charge is 2.51. The van der Waals surface area contributed by atoms with Gasteiger partial charge in [-0.15, -0.1) is 5.10 Å². The van der Waals surface area contributed by atoms with Gasteiger partial charge in [-0.3, -0.25) is 4.79 Å². The van der Waals surface area contributed by atoms with Crippen LogP contribution in [-0.2, 0) is 11.3 Å². The summed E-state index contributed by atoms with van der Waals surface area (Å²) >= 11 is 0. The van der Waals surface area contributed by atoms with Crippen molar-refractivity contribution in [2.75, 3.05) is 0 Å². The molecule has 0 amide bonds. The molecule has 110 valence electrons. The fourth-order valence-corrected chi connectivity index (χ4v) is 2.79. The van der Waals surface area contributed by atoms with E-state index in [0.29, 0.717) is 31.5 Å². The molecule has 1 aromatic rings. The zero-order chi connectivity index (χ0) is 14.4.